The van der Waals surface area contributed by atoms with Gasteiger partial charge in [-0.15, -0.1) is 0 Å². The Balaban J connectivity index is 1.43. The first kappa shape index (κ1) is 22.4. The average Bonchev–Trinajstić information content (AvgIpc) is 3.62. The van der Waals surface area contributed by atoms with Crippen LogP contribution in [0.4, 0.5) is 14.5 Å². The Morgan fingerprint density at radius 2 is 1.72 bits per heavy atom. The van der Waals surface area contributed by atoms with Gasteiger partial charge in [-0.3, -0.25) is 14.5 Å². The molecule has 6 rings (SSSR count). The molecule has 0 bridgehead atoms. The maximum Gasteiger partial charge on any atom is 0.267 e. The summed E-state index contributed by atoms with van der Waals surface area (Å²) in [6, 6.07) is 18.8. The minimum absolute atomic E-state index is 0.116. The average molecular weight is 487 g/mol. The Morgan fingerprint density at radius 1 is 1.03 bits per heavy atom. The number of nitrogens with zero attached hydrogens (tertiary/aromatic N) is 3. The molecule has 0 radical (unpaired) electrons. The molecule has 8 heteroatoms. The molecule has 2 fully saturated rings. The lowest BCUT2D eigenvalue weighted by Crippen LogP contribution is -2.50. The Morgan fingerprint density at radius 3 is 2.42 bits per heavy atom. The molecule has 3 atom stereocenters. The molecule has 1 saturated carbocycles. The molecular weight excluding hydrogens is 462 g/mol. The predicted molar refractivity (Wildman–Crippen MR) is 132 cm³/mol. The number of rotatable bonds is 5. The van der Waals surface area contributed by atoms with E-state index < -0.39 is 23.7 Å². The van der Waals surface area contributed by atoms with Crippen molar-refractivity contribution in [1.82, 2.24) is 15.1 Å². The van der Waals surface area contributed by atoms with Gasteiger partial charge in [0.15, 0.2) is 0 Å². The smallest absolute Gasteiger partial charge is 0.267 e. The van der Waals surface area contributed by atoms with Crippen LogP contribution in [-0.4, -0.2) is 33.3 Å². The van der Waals surface area contributed by atoms with Crippen LogP contribution < -0.4 is 10.2 Å². The number of hydrogen-bond acceptors (Lipinski definition) is 3. The van der Waals surface area contributed by atoms with Crippen molar-refractivity contribution >= 4 is 28.4 Å². The Hall–Kier alpha value is -4.07. The van der Waals surface area contributed by atoms with Gasteiger partial charge in [0.1, 0.15) is 5.82 Å². The number of carbonyl (C=O) groups excluding carboxylic acids is 2. The van der Waals surface area contributed by atoms with Gasteiger partial charge in [-0.2, -0.15) is 5.10 Å². The summed E-state index contributed by atoms with van der Waals surface area (Å²) in [5.41, 5.74) is 0.397. The molecule has 6 nitrogen and oxygen atoms in total. The van der Waals surface area contributed by atoms with E-state index in [1.165, 1.54) is 24.0 Å². The van der Waals surface area contributed by atoms with Gasteiger partial charge >= 0.3 is 0 Å². The van der Waals surface area contributed by atoms with Crippen molar-refractivity contribution in [3.8, 4) is 5.69 Å². The SMILES string of the molecule is C[C@@]1(F)C(=O)N(c2ccc3c(cnn3-c3ccc(F)cc3)c2)C(c2ccccc2)[C@H]1NC(=O)C1CC1. The fourth-order valence-corrected chi connectivity index (χ4v) is 5.00. The normalized spacial score (nSPS) is 23.9. The highest BCUT2D eigenvalue weighted by atomic mass is 19.1. The van der Waals surface area contributed by atoms with Crippen molar-refractivity contribution in [2.75, 3.05) is 4.90 Å². The molecule has 1 N–H and O–H groups in total. The topological polar surface area (TPSA) is 67.2 Å². The van der Waals surface area contributed by atoms with Crippen LogP contribution >= 0.6 is 0 Å². The second kappa shape index (κ2) is 8.26. The van der Waals surface area contributed by atoms with E-state index in [1.807, 2.05) is 36.4 Å². The van der Waals surface area contributed by atoms with Gasteiger partial charge in [0.2, 0.25) is 11.6 Å². The number of amides is 2. The highest BCUT2D eigenvalue weighted by molar-refractivity contribution is 6.05. The van der Waals surface area contributed by atoms with Crippen molar-refractivity contribution in [3.63, 3.8) is 0 Å². The molecule has 1 aromatic heterocycles. The number of nitrogens with one attached hydrogen (secondary N) is 1. The number of alkyl halides is 1. The summed E-state index contributed by atoms with van der Waals surface area (Å²) in [4.78, 5) is 27.6. The van der Waals surface area contributed by atoms with E-state index in [2.05, 4.69) is 10.4 Å². The summed E-state index contributed by atoms with van der Waals surface area (Å²) in [5.74, 6) is -1.37. The second-order valence-electron chi connectivity index (χ2n) is 9.64. The largest absolute Gasteiger partial charge is 0.347 e. The maximum absolute atomic E-state index is 16.1. The lowest BCUT2D eigenvalue weighted by molar-refractivity contribution is -0.128. The quantitative estimate of drug-likeness (QED) is 0.438. The van der Waals surface area contributed by atoms with Crippen molar-refractivity contribution in [1.29, 1.82) is 0 Å². The number of benzene rings is 3. The highest BCUT2D eigenvalue weighted by Crippen LogP contribution is 2.45. The molecule has 1 unspecified atom stereocenters. The standard InChI is InChI=1S/C28H24F2N4O2/c1-28(30)25(32-26(35)18-7-8-18)24(17-5-3-2-4-6-17)33(27(28)36)22-13-14-23-19(15-22)16-31-34(23)21-11-9-20(29)10-12-21/h2-6,9-16,18,24-25H,7-8H2,1H3,(H,32,35)/t24?,25-,28+/m1/s1. The van der Waals surface area contributed by atoms with Gasteiger partial charge in [0.05, 0.1) is 29.5 Å². The lowest BCUT2D eigenvalue weighted by atomic mass is 9.92. The van der Waals surface area contributed by atoms with Gasteiger partial charge < -0.3 is 5.32 Å². The number of carbonyl (C=O) groups is 2. The first-order valence-electron chi connectivity index (χ1n) is 12.0. The molecule has 1 saturated heterocycles. The van der Waals surface area contributed by atoms with Crippen molar-refractivity contribution in [2.24, 2.45) is 5.92 Å². The van der Waals surface area contributed by atoms with Crippen LogP contribution in [0.25, 0.3) is 16.6 Å². The fraction of sp³-hybridized carbons (Fsp3) is 0.250. The molecule has 1 aliphatic carbocycles. The van der Waals surface area contributed by atoms with E-state index in [9.17, 15) is 14.0 Å². The molecule has 182 valence electrons. The Labute approximate surface area is 206 Å². The zero-order valence-corrected chi connectivity index (χ0v) is 19.6. The zero-order valence-electron chi connectivity index (χ0n) is 19.6. The zero-order chi connectivity index (χ0) is 25.0. The third kappa shape index (κ3) is 3.64. The van der Waals surface area contributed by atoms with Crippen LogP contribution in [-0.2, 0) is 9.59 Å². The van der Waals surface area contributed by atoms with Gasteiger partial charge in [-0.25, -0.2) is 13.5 Å². The van der Waals surface area contributed by atoms with E-state index in [4.69, 9.17) is 0 Å². The van der Waals surface area contributed by atoms with Crippen molar-refractivity contribution in [3.05, 3.63) is 90.4 Å². The van der Waals surface area contributed by atoms with Crippen LogP contribution in [0.15, 0.2) is 79.0 Å². The van der Waals surface area contributed by atoms with Crippen molar-refractivity contribution < 1.29 is 18.4 Å². The molecule has 4 aromatic rings. The summed E-state index contributed by atoms with van der Waals surface area (Å²) in [6.07, 6.45) is 3.22. The van der Waals surface area contributed by atoms with Crippen molar-refractivity contribution in [2.45, 2.75) is 37.5 Å². The maximum atomic E-state index is 16.1. The van der Waals surface area contributed by atoms with Gasteiger partial charge in [-0.1, -0.05) is 30.3 Å². The van der Waals surface area contributed by atoms with Crippen LogP contribution in [0.2, 0.25) is 0 Å². The minimum atomic E-state index is -2.29. The van der Waals surface area contributed by atoms with Crippen LogP contribution in [0.1, 0.15) is 31.4 Å². The van der Waals surface area contributed by atoms with E-state index >= 15 is 4.39 Å². The minimum Gasteiger partial charge on any atom is -0.347 e. The van der Waals surface area contributed by atoms with Gasteiger partial charge in [-0.05, 0) is 67.8 Å². The molecule has 3 aromatic carbocycles. The highest BCUT2D eigenvalue weighted by Gasteiger charge is 2.59. The first-order valence-corrected chi connectivity index (χ1v) is 12.0. The molecule has 2 heterocycles. The number of aromatic nitrogens is 2. The summed E-state index contributed by atoms with van der Waals surface area (Å²) in [7, 11) is 0. The van der Waals surface area contributed by atoms with Gasteiger partial charge in [0, 0.05) is 17.0 Å². The third-order valence-corrected chi connectivity index (χ3v) is 7.10. The number of anilines is 1. The van der Waals surface area contributed by atoms with E-state index in [1.54, 1.807) is 35.1 Å². The summed E-state index contributed by atoms with van der Waals surface area (Å²) < 4.78 is 31.2. The first-order chi connectivity index (χ1) is 17.3. The predicted octanol–water partition coefficient (Wildman–Crippen LogP) is 4.88. The monoisotopic (exact) mass is 486 g/mol. The summed E-state index contributed by atoms with van der Waals surface area (Å²) in [5, 5.41) is 8.02. The summed E-state index contributed by atoms with van der Waals surface area (Å²) in [6.45, 7) is 1.24. The lowest BCUT2D eigenvalue weighted by Gasteiger charge is -2.29. The van der Waals surface area contributed by atoms with E-state index in [0.29, 0.717) is 11.4 Å². The third-order valence-electron chi connectivity index (χ3n) is 7.10. The molecule has 0 spiro atoms. The van der Waals surface area contributed by atoms with E-state index in [-0.39, 0.29) is 17.6 Å². The number of hydrogen-bond donors (Lipinski definition) is 1. The van der Waals surface area contributed by atoms with Crippen LogP contribution in [0.3, 0.4) is 0 Å². The molecule has 36 heavy (non-hydrogen) atoms. The van der Waals surface area contributed by atoms with Crippen LogP contribution in [0.5, 0.6) is 0 Å². The van der Waals surface area contributed by atoms with Crippen LogP contribution in [0, 0.1) is 11.7 Å². The van der Waals surface area contributed by atoms with Gasteiger partial charge in [0.25, 0.3) is 5.91 Å². The number of halogens is 2. The molecular formula is C28H24F2N4O2. The number of fused-ring (bicyclic) bond motifs is 1. The Bertz CT molecular complexity index is 1460. The molecule has 2 amide bonds. The Kier molecular flexibility index (Phi) is 5.14. The fourth-order valence-electron chi connectivity index (χ4n) is 5.00. The summed E-state index contributed by atoms with van der Waals surface area (Å²) >= 11 is 0. The second-order valence-corrected chi connectivity index (χ2v) is 9.64. The molecule has 1 aliphatic heterocycles. The molecule has 2 aliphatic rings. The van der Waals surface area contributed by atoms with E-state index in [0.717, 1.165) is 29.3 Å².